The lowest BCUT2D eigenvalue weighted by Crippen LogP contribution is -2.33. The average molecular weight is 352 g/mol. The Balaban J connectivity index is 1.62. The highest BCUT2D eigenvalue weighted by molar-refractivity contribution is 6.13. The van der Waals surface area contributed by atoms with Crippen LogP contribution in [0.1, 0.15) is 18.2 Å². The van der Waals surface area contributed by atoms with Crippen LogP contribution in [0.5, 0.6) is 0 Å². The first-order chi connectivity index (χ1) is 12.4. The minimum Gasteiger partial charge on any atom is -0.306 e. The van der Waals surface area contributed by atoms with Gasteiger partial charge >= 0.3 is 6.03 Å². The van der Waals surface area contributed by atoms with Gasteiger partial charge in [-0.2, -0.15) is 0 Å². The molecule has 1 saturated heterocycles. The SMILES string of the molecule is Cc1ccc2nc(CN3C(=O)[C@H](C)N(c4ccc(F)cc4)C3=O)cn2c1. The molecule has 0 bridgehead atoms. The number of imidazole rings is 1. The van der Waals surface area contributed by atoms with Crippen molar-refractivity contribution in [3.05, 3.63) is 65.9 Å². The number of halogens is 1. The number of pyridine rings is 1. The molecule has 4 rings (SSSR count). The van der Waals surface area contributed by atoms with E-state index in [0.29, 0.717) is 11.4 Å². The molecule has 0 aliphatic carbocycles. The maximum absolute atomic E-state index is 13.1. The number of benzene rings is 1. The van der Waals surface area contributed by atoms with E-state index in [4.69, 9.17) is 0 Å². The molecular weight excluding hydrogens is 335 g/mol. The van der Waals surface area contributed by atoms with Crippen LogP contribution in [0.25, 0.3) is 5.65 Å². The van der Waals surface area contributed by atoms with Crippen LogP contribution in [0.3, 0.4) is 0 Å². The summed E-state index contributed by atoms with van der Waals surface area (Å²) in [5.74, 6) is -0.691. The summed E-state index contributed by atoms with van der Waals surface area (Å²) < 4.78 is 15.0. The molecule has 0 saturated carbocycles. The topological polar surface area (TPSA) is 57.9 Å². The van der Waals surface area contributed by atoms with Crippen LogP contribution >= 0.6 is 0 Å². The van der Waals surface area contributed by atoms with Crippen molar-refractivity contribution >= 4 is 23.3 Å². The molecule has 3 heterocycles. The molecule has 1 aliphatic heterocycles. The number of carbonyl (C=O) groups is 2. The first-order valence-corrected chi connectivity index (χ1v) is 8.28. The maximum atomic E-state index is 13.1. The number of rotatable bonds is 3. The Labute approximate surface area is 149 Å². The highest BCUT2D eigenvalue weighted by atomic mass is 19.1. The summed E-state index contributed by atoms with van der Waals surface area (Å²) in [7, 11) is 0. The molecule has 132 valence electrons. The molecule has 0 spiro atoms. The Hall–Kier alpha value is -3.22. The van der Waals surface area contributed by atoms with E-state index in [-0.39, 0.29) is 12.5 Å². The third-order valence-electron chi connectivity index (χ3n) is 4.52. The number of hydrogen-bond donors (Lipinski definition) is 0. The summed E-state index contributed by atoms with van der Waals surface area (Å²) in [5.41, 5.74) is 2.97. The Bertz CT molecular complexity index is 1010. The standard InChI is InChI=1S/C19H17FN4O2/c1-12-3-8-17-21-15(10-22(17)9-12)11-23-18(25)13(2)24(19(23)26)16-6-4-14(20)5-7-16/h3-10,13H,11H2,1-2H3/t13-/m0/s1. The summed E-state index contributed by atoms with van der Waals surface area (Å²) in [5, 5.41) is 0. The molecule has 0 N–H and O–H groups in total. The lowest BCUT2D eigenvalue weighted by atomic mass is 10.2. The predicted molar refractivity (Wildman–Crippen MR) is 94.2 cm³/mol. The summed E-state index contributed by atoms with van der Waals surface area (Å²) in [4.78, 5) is 32.4. The second-order valence-corrected chi connectivity index (χ2v) is 6.43. The van der Waals surface area contributed by atoms with Crippen LogP contribution in [0.2, 0.25) is 0 Å². The molecule has 1 aromatic carbocycles. The van der Waals surface area contributed by atoms with Gasteiger partial charge in [-0.15, -0.1) is 0 Å². The summed E-state index contributed by atoms with van der Waals surface area (Å²) in [6.45, 7) is 3.74. The summed E-state index contributed by atoms with van der Waals surface area (Å²) >= 11 is 0. The van der Waals surface area contributed by atoms with E-state index in [1.807, 2.05) is 35.9 Å². The Morgan fingerprint density at radius 1 is 1.08 bits per heavy atom. The quantitative estimate of drug-likeness (QED) is 0.681. The third kappa shape index (κ3) is 2.61. The van der Waals surface area contributed by atoms with E-state index in [9.17, 15) is 14.0 Å². The summed E-state index contributed by atoms with van der Waals surface area (Å²) in [6.07, 6.45) is 3.75. The zero-order valence-corrected chi connectivity index (χ0v) is 14.4. The minimum atomic E-state index is -0.646. The number of urea groups is 1. The van der Waals surface area contributed by atoms with E-state index in [1.54, 1.807) is 6.92 Å². The van der Waals surface area contributed by atoms with Crippen LogP contribution in [0.4, 0.5) is 14.9 Å². The minimum absolute atomic E-state index is 0.0976. The molecule has 3 amide bonds. The van der Waals surface area contributed by atoms with Crippen LogP contribution < -0.4 is 4.90 Å². The van der Waals surface area contributed by atoms with Gasteiger partial charge in [0.25, 0.3) is 5.91 Å². The van der Waals surface area contributed by atoms with Gasteiger partial charge in [-0.05, 0) is 49.7 Å². The number of aryl methyl sites for hydroxylation is 1. The first kappa shape index (κ1) is 16.3. The second kappa shape index (κ2) is 5.94. The smallest absolute Gasteiger partial charge is 0.306 e. The van der Waals surface area contributed by atoms with Gasteiger partial charge in [0.1, 0.15) is 17.5 Å². The fourth-order valence-electron chi connectivity index (χ4n) is 3.20. The lowest BCUT2D eigenvalue weighted by molar-refractivity contribution is -0.127. The van der Waals surface area contributed by atoms with Gasteiger partial charge in [0, 0.05) is 18.1 Å². The van der Waals surface area contributed by atoms with Crippen molar-refractivity contribution in [2.45, 2.75) is 26.4 Å². The van der Waals surface area contributed by atoms with E-state index < -0.39 is 17.9 Å². The van der Waals surface area contributed by atoms with Crippen molar-refractivity contribution in [2.24, 2.45) is 0 Å². The Morgan fingerprint density at radius 2 is 1.81 bits per heavy atom. The first-order valence-electron chi connectivity index (χ1n) is 8.28. The molecule has 0 unspecified atom stereocenters. The van der Waals surface area contributed by atoms with E-state index in [0.717, 1.165) is 11.2 Å². The second-order valence-electron chi connectivity index (χ2n) is 6.43. The van der Waals surface area contributed by atoms with Gasteiger partial charge in [-0.3, -0.25) is 14.6 Å². The third-order valence-corrected chi connectivity index (χ3v) is 4.52. The molecule has 26 heavy (non-hydrogen) atoms. The predicted octanol–water partition coefficient (Wildman–Crippen LogP) is 3.14. The van der Waals surface area contributed by atoms with Crippen molar-refractivity contribution in [3.63, 3.8) is 0 Å². The monoisotopic (exact) mass is 352 g/mol. The molecule has 3 aromatic rings. The highest BCUT2D eigenvalue weighted by Gasteiger charge is 2.43. The maximum Gasteiger partial charge on any atom is 0.332 e. The number of hydrogen-bond acceptors (Lipinski definition) is 3. The number of imide groups is 1. The molecule has 2 aromatic heterocycles. The Morgan fingerprint density at radius 3 is 2.54 bits per heavy atom. The molecular formula is C19H17FN4O2. The van der Waals surface area contributed by atoms with Crippen molar-refractivity contribution in [1.82, 2.24) is 14.3 Å². The number of fused-ring (bicyclic) bond motifs is 1. The van der Waals surface area contributed by atoms with Crippen molar-refractivity contribution < 1.29 is 14.0 Å². The number of carbonyl (C=O) groups excluding carboxylic acids is 2. The van der Waals surface area contributed by atoms with Crippen molar-refractivity contribution in [1.29, 1.82) is 0 Å². The summed E-state index contributed by atoms with van der Waals surface area (Å²) in [6, 6.07) is 8.30. The number of nitrogens with zero attached hydrogens (tertiary/aromatic N) is 4. The van der Waals surface area contributed by atoms with Crippen molar-refractivity contribution in [2.75, 3.05) is 4.90 Å². The molecule has 0 radical (unpaired) electrons. The van der Waals surface area contributed by atoms with Crippen LogP contribution in [-0.4, -0.2) is 32.3 Å². The molecule has 1 fully saturated rings. The molecule has 6 nitrogen and oxygen atoms in total. The number of aromatic nitrogens is 2. The van der Waals surface area contributed by atoms with Gasteiger partial charge < -0.3 is 4.40 Å². The van der Waals surface area contributed by atoms with Gasteiger partial charge in [-0.1, -0.05) is 6.07 Å². The van der Waals surface area contributed by atoms with Gasteiger partial charge in [0.15, 0.2) is 0 Å². The highest BCUT2D eigenvalue weighted by Crippen LogP contribution is 2.27. The Kier molecular flexibility index (Phi) is 3.72. The fourth-order valence-corrected chi connectivity index (χ4v) is 3.20. The van der Waals surface area contributed by atoms with Gasteiger partial charge in [0.2, 0.25) is 0 Å². The van der Waals surface area contributed by atoms with Crippen molar-refractivity contribution in [3.8, 4) is 0 Å². The van der Waals surface area contributed by atoms with Gasteiger partial charge in [-0.25, -0.2) is 14.2 Å². The zero-order valence-electron chi connectivity index (χ0n) is 14.4. The molecule has 7 heteroatoms. The molecule has 1 atom stereocenters. The van der Waals surface area contributed by atoms with E-state index >= 15 is 0 Å². The number of anilines is 1. The zero-order chi connectivity index (χ0) is 18.4. The van der Waals surface area contributed by atoms with E-state index in [1.165, 1.54) is 34.1 Å². The fraction of sp³-hybridized carbons (Fsp3) is 0.211. The van der Waals surface area contributed by atoms with Gasteiger partial charge in [0.05, 0.1) is 12.2 Å². The largest absolute Gasteiger partial charge is 0.332 e. The van der Waals surface area contributed by atoms with Crippen LogP contribution in [-0.2, 0) is 11.3 Å². The average Bonchev–Trinajstić information content (AvgIpc) is 3.10. The lowest BCUT2D eigenvalue weighted by Gasteiger charge is -2.19. The normalized spacial score (nSPS) is 17.6. The van der Waals surface area contributed by atoms with Crippen LogP contribution in [0, 0.1) is 12.7 Å². The molecule has 1 aliphatic rings. The van der Waals surface area contributed by atoms with E-state index in [2.05, 4.69) is 4.98 Å². The number of amides is 3. The van der Waals surface area contributed by atoms with Crippen LogP contribution in [0.15, 0.2) is 48.8 Å².